The summed E-state index contributed by atoms with van der Waals surface area (Å²) in [4.78, 5) is 11.4. The predicted octanol–water partition coefficient (Wildman–Crippen LogP) is 5.24. The minimum atomic E-state index is -5.67. The minimum Gasteiger partial charge on any atom is -0.462 e. The lowest BCUT2D eigenvalue weighted by Crippen LogP contribution is -2.50. The highest BCUT2D eigenvalue weighted by molar-refractivity contribution is 7.87. The number of carbonyl (C=O) groups excluding carboxylic acids is 1. The van der Waals surface area contributed by atoms with Crippen LogP contribution in [-0.2, 0) is 23.8 Å². The summed E-state index contributed by atoms with van der Waals surface area (Å²) in [5, 5.41) is 0. The molecule has 4 aliphatic carbocycles. The zero-order valence-corrected chi connectivity index (χ0v) is 18.8. The number of halogens is 3. The molecule has 0 aromatic carbocycles. The Kier molecular flexibility index (Phi) is 5.30. The van der Waals surface area contributed by atoms with Crippen molar-refractivity contribution in [1.82, 2.24) is 0 Å². The first-order valence-corrected chi connectivity index (χ1v) is 12.3. The number of hydrogen-bond acceptors (Lipinski definition) is 5. The third-order valence-electron chi connectivity index (χ3n) is 8.38. The molecule has 0 aliphatic heterocycles. The van der Waals surface area contributed by atoms with Crippen molar-refractivity contribution in [2.75, 3.05) is 0 Å². The Hall–Kier alpha value is -1.51. The fraction of sp³-hybridized carbons (Fsp3) is 0.773. The van der Waals surface area contributed by atoms with Gasteiger partial charge in [-0.3, -0.25) is 4.79 Å². The summed E-state index contributed by atoms with van der Waals surface area (Å²) in [7, 11) is -5.67. The number of carbonyl (C=O) groups is 1. The van der Waals surface area contributed by atoms with Gasteiger partial charge in [-0.05, 0) is 67.8 Å². The van der Waals surface area contributed by atoms with Crippen LogP contribution >= 0.6 is 0 Å². The lowest BCUT2D eigenvalue weighted by atomic mass is 9.48. The summed E-state index contributed by atoms with van der Waals surface area (Å²) in [5.41, 5.74) is -4.86. The first kappa shape index (κ1) is 22.7. The molecule has 5 nitrogen and oxygen atoms in total. The zero-order chi connectivity index (χ0) is 22.8. The van der Waals surface area contributed by atoms with E-state index >= 15 is 0 Å². The Labute approximate surface area is 181 Å². The summed E-state index contributed by atoms with van der Waals surface area (Å²) in [6.07, 6.45) is 8.84. The second-order valence-electron chi connectivity index (χ2n) is 9.98. The third kappa shape index (κ3) is 3.60. The van der Waals surface area contributed by atoms with Crippen molar-refractivity contribution in [3.05, 3.63) is 23.5 Å². The fourth-order valence-corrected chi connectivity index (χ4v) is 7.37. The molecule has 2 fully saturated rings. The fourth-order valence-electron chi connectivity index (χ4n) is 6.79. The maximum atomic E-state index is 12.9. The van der Waals surface area contributed by atoms with Gasteiger partial charge in [0.05, 0.1) is 0 Å². The molecule has 0 heterocycles. The number of fused-ring (bicyclic) bond motifs is 5. The number of ether oxygens (including phenoxy) is 1. The molecule has 0 aromatic heterocycles. The van der Waals surface area contributed by atoms with E-state index in [1.54, 1.807) is 6.08 Å². The van der Waals surface area contributed by atoms with Crippen LogP contribution in [0.1, 0.15) is 65.7 Å². The van der Waals surface area contributed by atoms with E-state index < -0.39 is 21.0 Å². The molecule has 174 valence electrons. The highest BCUT2D eigenvalue weighted by atomic mass is 32.2. The third-order valence-corrected chi connectivity index (χ3v) is 9.35. The van der Waals surface area contributed by atoms with E-state index in [9.17, 15) is 26.4 Å². The van der Waals surface area contributed by atoms with E-state index in [1.807, 2.05) is 6.92 Å². The van der Waals surface area contributed by atoms with E-state index in [0.717, 1.165) is 32.1 Å². The summed E-state index contributed by atoms with van der Waals surface area (Å²) >= 11 is 0. The van der Waals surface area contributed by atoms with Crippen molar-refractivity contribution in [2.24, 2.45) is 28.6 Å². The topological polar surface area (TPSA) is 69.7 Å². The van der Waals surface area contributed by atoms with Crippen LogP contribution in [-0.4, -0.2) is 26.0 Å². The molecule has 0 spiro atoms. The van der Waals surface area contributed by atoms with Crippen molar-refractivity contribution >= 4 is 16.1 Å². The molecule has 6 atom stereocenters. The Morgan fingerprint density at radius 3 is 2.39 bits per heavy atom. The number of esters is 1. The van der Waals surface area contributed by atoms with Gasteiger partial charge in [-0.2, -0.15) is 21.6 Å². The van der Waals surface area contributed by atoms with Crippen molar-refractivity contribution in [3.63, 3.8) is 0 Å². The Morgan fingerprint density at radius 2 is 1.74 bits per heavy atom. The monoisotopic (exact) mass is 462 g/mol. The van der Waals surface area contributed by atoms with Crippen LogP contribution in [0.3, 0.4) is 0 Å². The van der Waals surface area contributed by atoms with E-state index in [2.05, 4.69) is 17.2 Å². The predicted molar refractivity (Wildman–Crippen MR) is 107 cm³/mol. The number of allylic oxidation sites excluding steroid dienone is 3. The maximum absolute atomic E-state index is 12.9. The molecule has 4 aliphatic rings. The molecule has 0 amide bonds. The highest BCUT2D eigenvalue weighted by Crippen LogP contribution is 2.65. The van der Waals surface area contributed by atoms with Crippen LogP contribution in [0.2, 0.25) is 0 Å². The standard InChI is InChI=1S/C22H29F3O5S/c1-13(26)29-15-8-10-20(2)14(12-15)4-5-16-17-6-7-19(21(17,3)11-9-18(16)20)30-31(27,28)22(23,24)25/h4,7,15-18H,5-6,8-12H2,1-3H3/t15?,16?,17?,18?,20-,21-/m0/s1. The lowest BCUT2D eigenvalue weighted by molar-refractivity contribution is -0.148. The molecule has 9 heteroatoms. The second kappa shape index (κ2) is 7.25. The smallest absolute Gasteiger partial charge is 0.462 e. The first-order chi connectivity index (χ1) is 14.3. The minimum absolute atomic E-state index is 0.0252. The van der Waals surface area contributed by atoms with Crippen molar-refractivity contribution in [2.45, 2.75) is 77.3 Å². The highest BCUT2D eigenvalue weighted by Gasteiger charge is 2.59. The molecule has 0 saturated heterocycles. The summed E-state index contributed by atoms with van der Waals surface area (Å²) in [5.74, 6) is 0.353. The van der Waals surface area contributed by atoms with Gasteiger partial charge < -0.3 is 8.92 Å². The van der Waals surface area contributed by atoms with Crippen molar-refractivity contribution in [3.8, 4) is 0 Å². The van der Waals surface area contributed by atoms with Crippen LogP contribution in [0.4, 0.5) is 13.2 Å². The van der Waals surface area contributed by atoms with Gasteiger partial charge in [0, 0.05) is 18.8 Å². The molecule has 4 rings (SSSR count). The first-order valence-electron chi connectivity index (χ1n) is 10.9. The maximum Gasteiger partial charge on any atom is 0.534 e. The Balaban J connectivity index is 1.55. The molecule has 0 aromatic rings. The van der Waals surface area contributed by atoms with Crippen LogP contribution in [0.5, 0.6) is 0 Å². The molecular formula is C22H29F3O5S. The van der Waals surface area contributed by atoms with E-state index in [1.165, 1.54) is 12.5 Å². The lowest BCUT2D eigenvalue weighted by Gasteiger charge is -2.57. The summed E-state index contributed by atoms with van der Waals surface area (Å²) in [6.45, 7) is 5.53. The van der Waals surface area contributed by atoms with Crippen molar-refractivity contribution in [1.29, 1.82) is 0 Å². The van der Waals surface area contributed by atoms with Gasteiger partial charge in [0.15, 0.2) is 0 Å². The number of rotatable bonds is 3. The van der Waals surface area contributed by atoms with Gasteiger partial charge in [0.1, 0.15) is 11.9 Å². The Morgan fingerprint density at radius 1 is 1.06 bits per heavy atom. The molecule has 2 saturated carbocycles. The van der Waals surface area contributed by atoms with Gasteiger partial charge >= 0.3 is 21.6 Å². The average molecular weight is 463 g/mol. The van der Waals surface area contributed by atoms with Gasteiger partial charge in [0.2, 0.25) is 0 Å². The average Bonchev–Trinajstić information content (AvgIpc) is 2.96. The van der Waals surface area contributed by atoms with E-state index in [0.29, 0.717) is 18.8 Å². The van der Waals surface area contributed by atoms with Crippen LogP contribution in [0.15, 0.2) is 23.5 Å². The quantitative estimate of drug-likeness (QED) is 0.248. The van der Waals surface area contributed by atoms with Gasteiger partial charge in [-0.25, -0.2) is 0 Å². The molecule has 0 bridgehead atoms. The SMILES string of the molecule is CC(=O)OC1CC[C@@]2(C)C(=CCC3C2CC[C@]2(C)C(OS(=O)(=O)C(F)(F)F)=CCC32)C1. The van der Waals surface area contributed by atoms with E-state index in [4.69, 9.17) is 4.74 Å². The van der Waals surface area contributed by atoms with Crippen LogP contribution in [0, 0.1) is 28.6 Å². The molecular weight excluding hydrogens is 433 g/mol. The molecule has 0 radical (unpaired) electrons. The molecule has 31 heavy (non-hydrogen) atoms. The summed E-state index contributed by atoms with van der Waals surface area (Å²) < 4.78 is 71.9. The molecule has 4 unspecified atom stereocenters. The number of hydrogen-bond donors (Lipinski definition) is 0. The molecule has 0 N–H and O–H groups in total. The number of alkyl halides is 3. The van der Waals surface area contributed by atoms with Gasteiger partial charge in [-0.1, -0.05) is 25.5 Å². The van der Waals surface area contributed by atoms with Crippen LogP contribution in [0.25, 0.3) is 0 Å². The Bertz CT molecular complexity index is 937. The largest absolute Gasteiger partial charge is 0.534 e. The normalized spacial score (nSPS) is 40.1. The summed E-state index contributed by atoms with van der Waals surface area (Å²) in [6, 6.07) is 0. The van der Waals surface area contributed by atoms with Gasteiger partial charge in [-0.15, -0.1) is 0 Å². The second-order valence-corrected chi connectivity index (χ2v) is 11.5. The zero-order valence-electron chi connectivity index (χ0n) is 18.0. The van der Waals surface area contributed by atoms with Crippen LogP contribution < -0.4 is 0 Å². The van der Waals surface area contributed by atoms with Crippen molar-refractivity contribution < 1.29 is 35.3 Å². The van der Waals surface area contributed by atoms with E-state index in [-0.39, 0.29) is 35.1 Å². The van der Waals surface area contributed by atoms with Gasteiger partial charge in [0.25, 0.3) is 0 Å².